The van der Waals surface area contributed by atoms with Gasteiger partial charge in [-0.1, -0.05) is 19.3 Å². The topological polar surface area (TPSA) is 85.9 Å². The van der Waals surface area contributed by atoms with E-state index in [9.17, 15) is 4.79 Å². The van der Waals surface area contributed by atoms with Crippen molar-refractivity contribution in [3.63, 3.8) is 0 Å². The highest BCUT2D eigenvalue weighted by molar-refractivity contribution is 9.10. The number of carbonyl (C=O) groups excluding carboxylic acids is 1. The molecule has 0 aromatic heterocycles. The second kappa shape index (κ2) is 8.76. The van der Waals surface area contributed by atoms with E-state index in [-0.39, 0.29) is 18.6 Å². The van der Waals surface area contributed by atoms with Crippen LogP contribution in [0.4, 0.5) is 0 Å². The average molecular weight is 384 g/mol. The largest absolute Gasteiger partial charge is 0.493 e. The summed E-state index contributed by atoms with van der Waals surface area (Å²) in [5.41, 5.74) is 0.773. The molecule has 1 aromatic carbocycles. The minimum absolute atomic E-state index is 0.0458. The molecule has 1 amide bonds. The molecule has 1 aliphatic rings. The molecule has 126 valence electrons. The van der Waals surface area contributed by atoms with Crippen LogP contribution in [0.5, 0.6) is 11.5 Å². The van der Waals surface area contributed by atoms with E-state index in [2.05, 4.69) is 26.3 Å². The fourth-order valence-electron chi connectivity index (χ4n) is 2.69. The lowest BCUT2D eigenvalue weighted by molar-refractivity contribution is -0.124. The molecule has 23 heavy (non-hydrogen) atoms. The average Bonchev–Trinajstić information content (AvgIpc) is 2.54. The van der Waals surface area contributed by atoms with Crippen molar-refractivity contribution in [2.24, 2.45) is 10.9 Å². The zero-order valence-corrected chi connectivity index (χ0v) is 14.8. The molecule has 0 saturated heterocycles. The van der Waals surface area contributed by atoms with Crippen molar-refractivity contribution in [1.29, 1.82) is 0 Å². The van der Waals surface area contributed by atoms with Crippen LogP contribution in [-0.2, 0) is 4.79 Å². The first kappa shape index (κ1) is 17.6. The third-order valence-electron chi connectivity index (χ3n) is 3.79. The summed E-state index contributed by atoms with van der Waals surface area (Å²) in [5, 5.41) is 6.50. The Bertz CT molecular complexity index is 572. The number of methoxy groups -OCH3 is 1. The van der Waals surface area contributed by atoms with E-state index < -0.39 is 0 Å². The molecule has 7 heteroatoms. The molecule has 3 N–H and O–H groups in total. The summed E-state index contributed by atoms with van der Waals surface area (Å²) in [7, 11) is 1.54. The Balaban J connectivity index is 1.97. The molecule has 1 fully saturated rings. The zero-order chi connectivity index (χ0) is 16.7. The SMILES string of the molecule is COc1cc(C=NN)cc(Br)c1OCC(=O)NC1CCCCC1. The van der Waals surface area contributed by atoms with Gasteiger partial charge in [-0.05, 0) is 46.5 Å². The lowest BCUT2D eigenvalue weighted by atomic mass is 9.95. The van der Waals surface area contributed by atoms with Crippen LogP contribution in [0.3, 0.4) is 0 Å². The number of hydrazone groups is 1. The molecular weight excluding hydrogens is 362 g/mol. The Morgan fingerprint density at radius 2 is 2.17 bits per heavy atom. The first-order chi connectivity index (χ1) is 11.1. The number of benzene rings is 1. The lowest BCUT2D eigenvalue weighted by Crippen LogP contribution is -2.39. The first-order valence-corrected chi connectivity index (χ1v) is 8.46. The zero-order valence-electron chi connectivity index (χ0n) is 13.2. The Morgan fingerprint density at radius 3 is 2.83 bits per heavy atom. The Hall–Kier alpha value is -1.76. The Kier molecular flexibility index (Phi) is 6.70. The fraction of sp³-hybridized carbons (Fsp3) is 0.500. The highest BCUT2D eigenvalue weighted by Crippen LogP contribution is 2.36. The van der Waals surface area contributed by atoms with Gasteiger partial charge in [0.1, 0.15) is 0 Å². The van der Waals surface area contributed by atoms with Crippen molar-refractivity contribution in [1.82, 2.24) is 5.32 Å². The van der Waals surface area contributed by atoms with Crippen LogP contribution in [0.2, 0.25) is 0 Å². The number of nitrogens with one attached hydrogen (secondary N) is 1. The number of halogens is 1. The Labute approximate surface area is 144 Å². The van der Waals surface area contributed by atoms with Crippen molar-refractivity contribution < 1.29 is 14.3 Å². The monoisotopic (exact) mass is 383 g/mol. The lowest BCUT2D eigenvalue weighted by Gasteiger charge is -2.23. The number of rotatable bonds is 6. The maximum absolute atomic E-state index is 12.0. The molecule has 0 bridgehead atoms. The van der Waals surface area contributed by atoms with Crippen LogP contribution in [0, 0.1) is 0 Å². The molecular formula is C16H22BrN3O3. The van der Waals surface area contributed by atoms with Gasteiger partial charge in [-0.25, -0.2) is 0 Å². The molecule has 0 unspecified atom stereocenters. The van der Waals surface area contributed by atoms with Gasteiger partial charge in [0, 0.05) is 6.04 Å². The van der Waals surface area contributed by atoms with E-state index >= 15 is 0 Å². The summed E-state index contributed by atoms with van der Waals surface area (Å²) in [6.07, 6.45) is 7.21. The maximum atomic E-state index is 12.0. The molecule has 0 atom stereocenters. The van der Waals surface area contributed by atoms with E-state index in [0.29, 0.717) is 16.0 Å². The van der Waals surface area contributed by atoms with Crippen LogP contribution in [0.15, 0.2) is 21.7 Å². The minimum Gasteiger partial charge on any atom is -0.493 e. The molecule has 0 heterocycles. The van der Waals surface area contributed by atoms with Gasteiger partial charge in [-0.3, -0.25) is 4.79 Å². The van der Waals surface area contributed by atoms with E-state index in [1.165, 1.54) is 25.5 Å². The third kappa shape index (κ3) is 5.13. The first-order valence-electron chi connectivity index (χ1n) is 7.67. The highest BCUT2D eigenvalue weighted by atomic mass is 79.9. The molecule has 2 rings (SSSR count). The van der Waals surface area contributed by atoms with Gasteiger partial charge in [-0.2, -0.15) is 5.10 Å². The van der Waals surface area contributed by atoms with Crippen LogP contribution in [-0.4, -0.2) is 31.9 Å². The molecule has 1 saturated carbocycles. The normalized spacial score (nSPS) is 15.6. The number of amides is 1. The molecule has 0 aliphatic heterocycles. The molecule has 0 spiro atoms. The third-order valence-corrected chi connectivity index (χ3v) is 4.38. The molecule has 1 aliphatic carbocycles. The van der Waals surface area contributed by atoms with E-state index in [4.69, 9.17) is 15.3 Å². The predicted molar refractivity (Wildman–Crippen MR) is 93.0 cm³/mol. The van der Waals surface area contributed by atoms with Crippen molar-refractivity contribution in [2.45, 2.75) is 38.1 Å². The maximum Gasteiger partial charge on any atom is 0.258 e. The van der Waals surface area contributed by atoms with Gasteiger partial charge >= 0.3 is 0 Å². The van der Waals surface area contributed by atoms with Crippen LogP contribution < -0.4 is 20.6 Å². The molecule has 1 aromatic rings. The van der Waals surface area contributed by atoms with E-state index in [1.54, 1.807) is 19.2 Å². The second-order valence-electron chi connectivity index (χ2n) is 5.50. The fourth-order valence-corrected chi connectivity index (χ4v) is 3.27. The van der Waals surface area contributed by atoms with Crippen molar-refractivity contribution >= 4 is 28.1 Å². The number of hydrogen-bond acceptors (Lipinski definition) is 5. The van der Waals surface area contributed by atoms with E-state index in [0.717, 1.165) is 18.4 Å². The van der Waals surface area contributed by atoms with Gasteiger partial charge in [0.2, 0.25) is 0 Å². The van der Waals surface area contributed by atoms with Crippen molar-refractivity contribution in [2.75, 3.05) is 13.7 Å². The van der Waals surface area contributed by atoms with Gasteiger partial charge < -0.3 is 20.6 Å². The quantitative estimate of drug-likeness (QED) is 0.449. The van der Waals surface area contributed by atoms with Crippen LogP contribution in [0.1, 0.15) is 37.7 Å². The highest BCUT2D eigenvalue weighted by Gasteiger charge is 2.17. The van der Waals surface area contributed by atoms with Crippen molar-refractivity contribution in [3.8, 4) is 11.5 Å². The number of nitrogens with zero attached hydrogens (tertiary/aromatic N) is 1. The van der Waals surface area contributed by atoms with Gasteiger partial charge in [-0.15, -0.1) is 0 Å². The summed E-state index contributed by atoms with van der Waals surface area (Å²) >= 11 is 3.42. The van der Waals surface area contributed by atoms with Crippen LogP contribution >= 0.6 is 15.9 Å². The predicted octanol–water partition coefficient (Wildman–Crippen LogP) is 2.58. The van der Waals surface area contributed by atoms with Gasteiger partial charge in [0.05, 0.1) is 17.8 Å². The molecule has 6 nitrogen and oxygen atoms in total. The smallest absolute Gasteiger partial charge is 0.258 e. The number of hydrogen-bond donors (Lipinski definition) is 2. The summed E-state index contributed by atoms with van der Waals surface area (Å²) in [6.45, 7) is -0.0458. The minimum atomic E-state index is -0.113. The second-order valence-corrected chi connectivity index (χ2v) is 6.36. The number of ether oxygens (including phenoxy) is 2. The molecule has 0 radical (unpaired) electrons. The van der Waals surface area contributed by atoms with Gasteiger partial charge in [0.25, 0.3) is 5.91 Å². The Morgan fingerprint density at radius 1 is 1.43 bits per heavy atom. The summed E-state index contributed by atoms with van der Waals surface area (Å²) in [4.78, 5) is 12.0. The van der Waals surface area contributed by atoms with Gasteiger partial charge in [0.15, 0.2) is 18.1 Å². The summed E-state index contributed by atoms with van der Waals surface area (Å²) < 4.78 is 11.6. The standard InChI is InChI=1S/C16H22BrN3O3/c1-22-14-8-11(9-19-18)7-13(17)16(14)23-10-15(21)20-12-5-3-2-4-6-12/h7-9,12H,2-6,10,18H2,1H3,(H,20,21). The number of carbonyl (C=O) groups is 1. The number of nitrogens with two attached hydrogens (primary N) is 1. The van der Waals surface area contributed by atoms with E-state index in [1.807, 2.05) is 0 Å². The summed E-state index contributed by atoms with van der Waals surface area (Å²) in [5.74, 6) is 6.04. The van der Waals surface area contributed by atoms with Crippen LogP contribution in [0.25, 0.3) is 0 Å². The van der Waals surface area contributed by atoms with Crippen molar-refractivity contribution in [3.05, 3.63) is 22.2 Å². The summed E-state index contributed by atoms with van der Waals surface area (Å²) in [6, 6.07) is 3.82.